The largest absolute Gasteiger partial charge is 0.508 e. The molecule has 0 unspecified atom stereocenters. The Bertz CT molecular complexity index is 570. The summed E-state index contributed by atoms with van der Waals surface area (Å²) in [6.45, 7) is 0. The predicted molar refractivity (Wildman–Crippen MR) is 70.7 cm³/mol. The van der Waals surface area contributed by atoms with E-state index in [-0.39, 0.29) is 5.75 Å². The smallest absolute Gasteiger partial charge is 0.332 e. The molecule has 7 nitrogen and oxygen atoms in total. The Kier molecular flexibility index (Phi) is 3.51. The van der Waals surface area contributed by atoms with Crippen molar-refractivity contribution in [1.82, 2.24) is 9.80 Å². The average molecular weight is 275 g/mol. The molecule has 0 bridgehead atoms. The highest BCUT2D eigenvalue weighted by Gasteiger charge is 2.41. The lowest BCUT2D eigenvalue weighted by Crippen LogP contribution is -2.57. The number of phenolic OH excluding ortho intramolecular Hbond substituents is 1. The molecule has 4 amide bonds. The first-order valence-corrected chi connectivity index (χ1v) is 5.84. The minimum absolute atomic E-state index is 0.0961. The molecule has 0 spiro atoms. The number of nitrogens with zero attached hydrogens (tertiary/aromatic N) is 3. The standard InChI is InChI=1S/C13H13N3O4/c1-15-11(18)10(12(19)16(2)13(15)20)7-14-8-3-5-9(17)6-4-8/h3-7,10,17H,1-2H3. The predicted octanol–water partition coefficient (Wildman–Crippen LogP) is 0.761. The molecule has 1 aromatic carbocycles. The second-order valence-corrected chi connectivity index (χ2v) is 4.35. The minimum Gasteiger partial charge on any atom is -0.508 e. The second-order valence-electron chi connectivity index (χ2n) is 4.35. The van der Waals surface area contributed by atoms with Gasteiger partial charge in [0.05, 0.1) is 5.69 Å². The van der Waals surface area contributed by atoms with E-state index in [2.05, 4.69) is 4.99 Å². The van der Waals surface area contributed by atoms with Gasteiger partial charge < -0.3 is 5.11 Å². The van der Waals surface area contributed by atoms with E-state index in [1.54, 1.807) is 12.1 Å². The third-order valence-corrected chi connectivity index (χ3v) is 2.99. The Morgan fingerprint density at radius 3 is 2.05 bits per heavy atom. The van der Waals surface area contributed by atoms with Gasteiger partial charge in [-0.15, -0.1) is 0 Å². The average Bonchev–Trinajstić information content (AvgIpc) is 2.45. The lowest BCUT2D eigenvalue weighted by Gasteiger charge is -2.31. The molecular weight excluding hydrogens is 262 g/mol. The molecule has 1 aliphatic heterocycles. The van der Waals surface area contributed by atoms with Crippen LogP contribution in [0.15, 0.2) is 29.3 Å². The van der Waals surface area contributed by atoms with Gasteiger partial charge in [-0.25, -0.2) is 4.79 Å². The van der Waals surface area contributed by atoms with Crippen LogP contribution in [-0.2, 0) is 9.59 Å². The van der Waals surface area contributed by atoms with Crippen LogP contribution in [0.3, 0.4) is 0 Å². The van der Waals surface area contributed by atoms with E-state index < -0.39 is 23.8 Å². The van der Waals surface area contributed by atoms with Crippen LogP contribution >= 0.6 is 0 Å². The van der Waals surface area contributed by atoms with E-state index in [9.17, 15) is 14.4 Å². The fraction of sp³-hybridized carbons (Fsp3) is 0.231. The number of aromatic hydroxyl groups is 1. The summed E-state index contributed by atoms with van der Waals surface area (Å²) in [4.78, 5) is 41.1. The normalized spacial score (nSPS) is 17.4. The molecule has 2 rings (SSSR count). The lowest BCUT2D eigenvalue weighted by molar-refractivity contribution is -0.144. The Morgan fingerprint density at radius 2 is 1.55 bits per heavy atom. The molecule has 1 aliphatic rings. The van der Waals surface area contributed by atoms with E-state index in [4.69, 9.17) is 5.11 Å². The van der Waals surface area contributed by atoms with Crippen molar-refractivity contribution >= 4 is 29.7 Å². The molecule has 7 heteroatoms. The number of barbiturate groups is 1. The molecule has 1 saturated heterocycles. The molecular formula is C13H13N3O4. The van der Waals surface area contributed by atoms with Crippen LogP contribution in [0.25, 0.3) is 0 Å². The maximum absolute atomic E-state index is 11.9. The molecule has 1 N–H and O–H groups in total. The molecule has 0 radical (unpaired) electrons. The number of hydrogen-bond donors (Lipinski definition) is 1. The zero-order chi connectivity index (χ0) is 14.9. The number of aliphatic imine (C=N–C) groups is 1. The summed E-state index contributed by atoms with van der Waals surface area (Å²) in [7, 11) is 2.63. The summed E-state index contributed by atoms with van der Waals surface area (Å²) < 4.78 is 0. The van der Waals surface area contributed by atoms with Crippen LogP contribution in [0.4, 0.5) is 10.5 Å². The van der Waals surface area contributed by atoms with Gasteiger partial charge in [-0.05, 0) is 24.3 Å². The topological polar surface area (TPSA) is 90.3 Å². The van der Waals surface area contributed by atoms with Crippen molar-refractivity contribution in [3.8, 4) is 5.75 Å². The summed E-state index contributed by atoms with van der Waals surface area (Å²) in [5.74, 6) is -2.24. The van der Waals surface area contributed by atoms with Crippen molar-refractivity contribution in [3.63, 3.8) is 0 Å². The van der Waals surface area contributed by atoms with Crippen molar-refractivity contribution in [2.24, 2.45) is 10.9 Å². The highest BCUT2D eigenvalue weighted by molar-refractivity contribution is 6.23. The maximum atomic E-state index is 11.9. The molecule has 0 atom stereocenters. The summed E-state index contributed by atoms with van der Waals surface area (Å²) >= 11 is 0. The van der Waals surface area contributed by atoms with Crippen LogP contribution < -0.4 is 0 Å². The van der Waals surface area contributed by atoms with Gasteiger partial charge in [0, 0.05) is 20.3 Å². The summed E-state index contributed by atoms with van der Waals surface area (Å²) in [6, 6.07) is 5.32. The van der Waals surface area contributed by atoms with E-state index in [1.165, 1.54) is 32.4 Å². The molecule has 1 fully saturated rings. The number of benzene rings is 1. The number of carbonyl (C=O) groups is 3. The number of urea groups is 1. The summed E-state index contributed by atoms with van der Waals surface area (Å²) in [5, 5.41) is 9.15. The van der Waals surface area contributed by atoms with E-state index >= 15 is 0 Å². The molecule has 0 saturated carbocycles. The van der Waals surface area contributed by atoms with Gasteiger partial charge in [0.1, 0.15) is 5.75 Å². The first-order valence-electron chi connectivity index (χ1n) is 5.84. The van der Waals surface area contributed by atoms with Gasteiger partial charge >= 0.3 is 6.03 Å². The Morgan fingerprint density at radius 1 is 1.05 bits per heavy atom. The van der Waals surface area contributed by atoms with Gasteiger partial charge in [0.25, 0.3) is 0 Å². The second kappa shape index (κ2) is 5.12. The Hall–Kier alpha value is -2.70. The lowest BCUT2D eigenvalue weighted by atomic mass is 10.1. The summed E-state index contributed by atoms with van der Waals surface area (Å²) in [6.07, 6.45) is 1.20. The third kappa shape index (κ3) is 2.37. The van der Waals surface area contributed by atoms with Crippen molar-refractivity contribution < 1.29 is 19.5 Å². The molecule has 0 aliphatic carbocycles. The van der Waals surface area contributed by atoms with Gasteiger partial charge in [-0.1, -0.05) is 0 Å². The molecule has 20 heavy (non-hydrogen) atoms. The van der Waals surface area contributed by atoms with Crippen molar-refractivity contribution in [2.75, 3.05) is 14.1 Å². The fourth-order valence-corrected chi connectivity index (χ4v) is 1.76. The van der Waals surface area contributed by atoms with E-state index in [0.29, 0.717) is 5.69 Å². The quantitative estimate of drug-likeness (QED) is 0.637. The van der Waals surface area contributed by atoms with Gasteiger partial charge in [-0.2, -0.15) is 0 Å². The summed E-state index contributed by atoms with van der Waals surface area (Å²) in [5.41, 5.74) is 0.491. The van der Waals surface area contributed by atoms with Crippen LogP contribution in [0, 0.1) is 5.92 Å². The maximum Gasteiger partial charge on any atom is 0.332 e. The van der Waals surface area contributed by atoms with Gasteiger partial charge in [-0.3, -0.25) is 24.4 Å². The highest BCUT2D eigenvalue weighted by Crippen LogP contribution is 2.18. The number of carbonyl (C=O) groups excluding carboxylic acids is 3. The Labute approximate surface area is 115 Å². The van der Waals surface area contributed by atoms with Crippen molar-refractivity contribution in [2.45, 2.75) is 0 Å². The van der Waals surface area contributed by atoms with Gasteiger partial charge in [0.15, 0.2) is 5.92 Å². The van der Waals surface area contributed by atoms with Gasteiger partial charge in [0.2, 0.25) is 11.8 Å². The highest BCUT2D eigenvalue weighted by atomic mass is 16.3. The number of hydrogen-bond acceptors (Lipinski definition) is 5. The minimum atomic E-state index is -1.11. The molecule has 104 valence electrons. The third-order valence-electron chi connectivity index (χ3n) is 2.99. The van der Waals surface area contributed by atoms with Crippen LogP contribution in [0.5, 0.6) is 5.75 Å². The van der Waals surface area contributed by atoms with Crippen molar-refractivity contribution in [3.05, 3.63) is 24.3 Å². The fourth-order valence-electron chi connectivity index (χ4n) is 1.76. The molecule has 1 heterocycles. The van der Waals surface area contributed by atoms with Crippen LogP contribution in [-0.4, -0.2) is 53.1 Å². The Balaban J connectivity index is 2.23. The van der Waals surface area contributed by atoms with E-state index in [0.717, 1.165) is 9.80 Å². The van der Waals surface area contributed by atoms with Crippen LogP contribution in [0.2, 0.25) is 0 Å². The number of phenols is 1. The first-order chi connectivity index (χ1) is 9.41. The number of rotatable bonds is 2. The number of amides is 4. The molecule has 1 aromatic rings. The van der Waals surface area contributed by atoms with Crippen LogP contribution in [0.1, 0.15) is 0 Å². The number of imide groups is 2. The monoisotopic (exact) mass is 275 g/mol. The van der Waals surface area contributed by atoms with Crippen molar-refractivity contribution in [1.29, 1.82) is 0 Å². The zero-order valence-corrected chi connectivity index (χ0v) is 11.0. The molecule has 0 aromatic heterocycles. The zero-order valence-electron chi connectivity index (χ0n) is 11.0. The van der Waals surface area contributed by atoms with E-state index in [1.807, 2.05) is 0 Å². The SMILES string of the molecule is CN1C(=O)C(C=Nc2ccc(O)cc2)C(=O)N(C)C1=O. The first kappa shape index (κ1) is 13.7.